The van der Waals surface area contributed by atoms with E-state index < -0.39 is 0 Å². The molecule has 1 aliphatic heterocycles. The van der Waals surface area contributed by atoms with E-state index >= 15 is 0 Å². The van der Waals surface area contributed by atoms with Crippen molar-refractivity contribution in [3.63, 3.8) is 0 Å². The molecular formula is C27H31N3O. The summed E-state index contributed by atoms with van der Waals surface area (Å²) in [4.78, 5) is 18.0. The van der Waals surface area contributed by atoms with Crippen LogP contribution >= 0.6 is 0 Å². The summed E-state index contributed by atoms with van der Waals surface area (Å²) in [6.45, 7) is 7.38. The molecule has 0 aromatic heterocycles. The number of carbonyl (C=O) groups is 1. The van der Waals surface area contributed by atoms with Gasteiger partial charge in [0.25, 0.3) is 0 Å². The minimum atomic E-state index is 0.0302. The molecule has 1 saturated heterocycles. The maximum Gasteiger partial charge on any atom is 0.225 e. The molecule has 1 aliphatic rings. The third kappa shape index (κ3) is 5.33. The van der Waals surface area contributed by atoms with Crippen molar-refractivity contribution in [3.8, 4) is 0 Å². The number of amides is 1. The van der Waals surface area contributed by atoms with E-state index in [2.05, 4.69) is 52.4 Å². The average Bonchev–Trinajstić information content (AvgIpc) is 2.84. The zero-order valence-corrected chi connectivity index (χ0v) is 18.2. The van der Waals surface area contributed by atoms with E-state index in [9.17, 15) is 4.79 Å². The fourth-order valence-electron chi connectivity index (χ4n) is 4.35. The minimum absolute atomic E-state index is 0.0302. The minimum Gasteiger partial charge on any atom is -0.367 e. The van der Waals surface area contributed by atoms with Crippen LogP contribution in [0.15, 0.2) is 84.9 Å². The lowest BCUT2D eigenvalue weighted by atomic mass is 9.88. The van der Waals surface area contributed by atoms with Gasteiger partial charge in [-0.05, 0) is 29.8 Å². The molecule has 0 atom stereocenters. The second-order valence-electron chi connectivity index (χ2n) is 8.06. The van der Waals surface area contributed by atoms with Crippen LogP contribution in [0.2, 0.25) is 0 Å². The molecule has 0 bridgehead atoms. The monoisotopic (exact) mass is 413 g/mol. The number of anilines is 2. The van der Waals surface area contributed by atoms with Gasteiger partial charge in [-0.3, -0.25) is 4.79 Å². The highest BCUT2D eigenvalue weighted by Crippen LogP contribution is 2.30. The molecule has 1 heterocycles. The topological polar surface area (TPSA) is 35.6 Å². The van der Waals surface area contributed by atoms with Crippen LogP contribution in [0.4, 0.5) is 11.4 Å². The molecule has 0 saturated carbocycles. The van der Waals surface area contributed by atoms with Gasteiger partial charge in [0, 0.05) is 38.5 Å². The summed E-state index contributed by atoms with van der Waals surface area (Å²) in [6.07, 6.45) is 0.409. The van der Waals surface area contributed by atoms with E-state index in [0.29, 0.717) is 6.42 Å². The Hall–Kier alpha value is -3.11. The Morgan fingerprint density at radius 2 is 1.35 bits per heavy atom. The van der Waals surface area contributed by atoms with Crippen molar-refractivity contribution in [2.45, 2.75) is 19.3 Å². The Morgan fingerprint density at radius 3 is 1.94 bits per heavy atom. The third-order valence-corrected chi connectivity index (χ3v) is 6.13. The highest BCUT2D eigenvalue weighted by molar-refractivity contribution is 5.95. The maximum atomic E-state index is 13.2. The molecule has 0 spiro atoms. The standard InChI is InChI=1S/C27H31N3O/c1-2-29-17-19-30(20-18-29)26-16-10-9-15-25(26)28-27(31)21-24(22-11-5-3-6-12-22)23-13-7-4-8-14-23/h3-16,24H,2,17-21H2,1H3,(H,28,31). The van der Waals surface area contributed by atoms with Crippen LogP contribution in [0.25, 0.3) is 0 Å². The SMILES string of the molecule is CCN1CCN(c2ccccc2NC(=O)CC(c2ccccc2)c2ccccc2)CC1. The number of benzene rings is 3. The lowest BCUT2D eigenvalue weighted by Gasteiger charge is -2.36. The van der Waals surface area contributed by atoms with Crippen molar-refractivity contribution in [3.05, 3.63) is 96.1 Å². The fraction of sp³-hybridized carbons (Fsp3) is 0.296. The molecule has 0 radical (unpaired) electrons. The number of hydrogen-bond donors (Lipinski definition) is 1. The summed E-state index contributed by atoms with van der Waals surface area (Å²) >= 11 is 0. The number of hydrogen-bond acceptors (Lipinski definition) is 3. The number of carbonyl (C=O) groups excluding carboxylic acids is 1. The number of para-hydroxylation sites is 2. The van der Waals surface area contributed by atoms with Crippen LogP contribution in [-0.2, 0) is 4.79 Å². The van der Waals surface area contributed by atoms with Crippen LogP contribution in [0.5, 0.6) is 0 Å². The zero-order valence-electron chi connectivity index (χ0n) is 18.2. The molecule has 3 aromatic rings. The predicted octanol–water partition coefficient (Wildman–Crippen LogP) is 4.99. The number of rotatable bonds is 7. The first kappa shape index (κ1) is 21.1. The lowest BCUT2D eigenvalue weighted by molar-refractivity contribution is -0.116. The van der Waals surface area contributed by atoms with Gasteiger partial charge in [0.1, 0.15) is 0 Å². The predicted molar refractivity (Wildman–Crippen MR) is 129 cm³/mol. The summed E-state index contributed by atoms with van der Waals surface area (Å²) < 4.78 is 0. The maximum absolute atomic E-state index is 13.2. The van der Waals surface area contributed by atoms with Gasteiger partial charge < -0.3 is 15.1 Å². The van der Waals surface area contributed by atoms with Gasteiger partial charge in [0.15, 0.2) is 0 Å². The van der Waals surface area contributed by atoms with E-state index in [4.69, 9.17) is 0 Å². The zero-order chi connectivity index (χ0) is 21.5. The van der Waals surface area contributed by atoms with Crippen molar-refractivity contribution >= 4 is 17.3 Å². The third-order valence-electron chi connectivity index (χ3n) is 6.13. The van der Waals surface area contributed by atoms with Crippen LogP contribution in [0.1, 0.15) is 30.4 Å². The van der Waals surface area contributed by atoms with Crippen molar-refractivity contribution in [2.24, 2.45) is 0 Å². The number of piperazine rings is 1. The number of nitrogens with one attached hydrogen (secondary N) is 1. The largest absolute Gasteiger partial charge is 0.367 e. The van der Waals surface area contributed by atoms with Crippen molar-refractivity contribution in [2.75, 3.05) is 42.9 Å². The van der Waals surface area contributed by atoms with Gasteiger partial charge >= 0.3 is 0 Å². The Kier molecular flexibility index (Phi) is 7.00. The van der Waals surface area contributed by atoms with Crippen molar-refractivity contribution < 1.29 is 4.79 Å². The van der Waals surface area contributed by atoms with Crippen LogP contribution in [-0.4, -0.2) is 43.5 Å². The molecule has 160 valence electrons. The molecular weight excluding hydrogens is 382 g/mol. The normalized spacial score (nSPS) is 14.6. The van der Waals surface area contributed by atoms with Crippen molar-refractivity contribution in [1.82, 2.24) is 4.90 Å². The number of nitrogens with zero attached hydrogens (tertiary/aromatic N) is 2. The molecule has 1 fully saturated rings. The molecule has 3 aromatic carbocycles. The molecule has 1 amide bonds. The summed E-state index contributed by atoms with van der Waals surface area (Å²) in [7, 11) is 0. The Morgan fingerprint density at radius 1 is 0.806 bits per heavy atom. The summed E-state index contributed by atoms with van der Waals surface area (Å²) in [6, 6.07) is 28.8. The second-order valence-corrected chi connectivity index (χ2v) is 8.06. The fourth-order valence-corrected chi connectivity index (χ4v) is 4.35. The van der Waals surface area contributed by atoms with Gasteiger partial charge in [-0.1, -0.05) is 79.7 Å². The summed E-state index contributed by atoms with van der Waals surface area (Å²) in [5.41, 5.74) is 4.33. The Balaban J connectivity index is 1.50. The van der Waals surface area contributed by atoms with E-state index in [1.54, 1.807) is 0 Å². The average molecular weight is 414 g/mol. The van der Waals surface area contributed by atoms with Gasteiger partial charge in [-0.25, -0.2) is 0 Å². The van der Waals surface area contributed by atoms with Gasteiger partial charge in [-0.15, -0.1) is 0 Å². The Bertz CT molecular complexity index is 927. The lowest BCUT2D eigenvalue weighted by Crippen LogP contribution is -2.46. The molecule has 0 aliphatic carbocycles. The molecule has 4 heteroatoms. The Labute approximate surface area is 185 Å². The van der Waals surface area contributed by atoms with E-state index in [0.717, 1.165) is 55.2 Å². The molecule has 31 heavy (non-hydrogen) atoms. The quantitative estimate of drug-likeness (QED) is 0.593. The van der Waals surface area contributed by atoms with Gasteiger partial charge in [0.2, 0.25) is 5.91 Å². The van der Waals surface area contributed by atoms with Crippen LogP contribution in [0, 0.1) is 0 Å². The van der Waals surface area contributed by atoms with Crippen LogP contribution in [0.3, 0.4) is 0 Å². The highest BCUT2D eigenvalue weighted by atomic mass is 16.1. The molecule has 1 N–H and O–H groups in total. The second kappa shape index (κ2) is 10.3. The number of likely N-dealkylation sites (N-methyl/N-ethyl adjacent to an activating group) is 1. The van der Waals surface area contributed by atoms with E-state index in [1.165, 1.54) is 0 Å². The first-order chi connectivity index (χ1) is 15.2. The summed E-state index contributed by atoms with van der Waals surface area (Å²) in [5.74, 6) is 0.0695. The van der Waals surface area contributed by atoms with Gasteiger partial charge in [0.05, 0.1) is 11.4 Å². The van der Waals surface area contributed by atoms with Crippen molar-refractivity contribution in [1.29, 1.82) is 0 Å². The first-order valence-corrected chi connectivity index (χ1v) is 11.2. The molecule has 0 unspecified atom stereocenters. The first-order valence-electron chi connectivity index (χ1n) is 11.2. The van der Waals surface area contributed by atoms with Crippen LogP contribution < -0.4 is 10.2 Å². The van der Waals surface area contributed by atoms with E-state index in [-0.39, 0.29) is 11.8 Å². The molecule has 4 nitrogen and oxygen atoms in total. The highest BCUT2D eigenvalue weighted by Gasteiger charge is 2.21. The smallest absolute Gasteiger partial charge is 0.225 e. The van der Waals surface area contributed by atoms with Gasteiger partial charge in [-0.2, -0.15) is 0 Å². The summed E-state index contributed by atoms with van der Waals surface area (Å²) in [5, 5.41) is 3.21. The van der Waals surface area contributed by atoms with E-state index in [1.807, 2.05) is 54.6 Å². The molecule has 4 rings (SSSR count).